The first-order valence-corrected chi connectivity index (χ1v) is 8.82. The number of pyridine rings is 1. The third-order valence-electron chi connectivity index (χ3n) is 4.58. The molecule has 0 radical (unpaired) electrons. The number of nitrogens with one attached hydrogen (secondary N) is 1. The molecule has 0 fully saturated rings. The van der Waals surface area contributed by atoms with E-state index in [-0.39, 0.29) is 0 Å². The van der Waals surface area contributed by atoms with E-state index in [0.717, 1.165) is 47.6 Å². The Hall–Kier alpha value is -3.33. The number of nitriles is 1. The SMILES string of the molecule is CCCCn1nccc1Nc1cc(C)c(C#N)c2nc3ccccc3n12. The van der Waals surface area contributed by atoms with E-state index < -0.39 is 0 Å². The van der Waals surface area contributed by atoms with Crippen LogP contribution in [0.5, 0.6) is 0 Å². The normalized spacial score (nSPS) is 11.1. The second kappa shape index (κ2) is 6.52. The van der Waals surface area contributed by atoms with Crippen molar-refractivity contribution in [3.8, 4) is 6.07 Å². The molecule has 1 N–H and O–H groups in total. The molecule has 0 aliphatic carbocycles. The molecular weight excluding hydrogens is 324 g/mol. The number of aryl methyl sites for hydroxylation is 2. The van der Waals surface area contributed by atoms with Crippen molar-refractivity contribution in [3.05, 3.63) is 53.7 Å². The maximum absolute atomic E-state index is 9.59. The summed E-state index contributed by atoms with van der Waals surface area (Å²) in [6.45, 7) is 4.98. The van der Waals surface area contributed by atoms with E-state index in [1.165, 1.54) is 0 Å². The minimum atomic E-state index is 0.603. The summed E-state index contributed by atoms with van der Waals surface area (Å²) in [7, 11) is 0. The van der Waals surface area contributed by atoms with Crippen LogP contribution in [-0.4, -0.2) is 19.2 Å². The van der Waals surface area contributed by atoms with Gasteiger partial charge < -0.3 is 5.32 Å². The summed E-state index contributed by atoms with van der Waals surface area (Å²) in [5.74, 6) is 1.81. The fourth-order valence-electron chi connectivity index (χ4n) is 3.24. The highest BCUT2D eigenvalue weighted by Crippen LogP contribution is 2.28. The molecule has 0 atom stereocenters. The molecule has 0 spiro atoms. The number of para-hydroxylation sites is 2. The van der Waals surface area contributed by atoms with E-state index in [4.69, 9.17) is 0 Å². The van der Waals surface area contributed by atoms with Gasteiger partial charge in [-0.05, 0) is 37.1 Å². The zero-order chi connectivity index (χ0) is 18.1. The van der Waals surface area contributed by atoms with E-state index in [1.54, 1.807) is 6.20 Å². The standard InChI is InChI=1S/C20H20N6/c1-3-4-11-25-18(9-10-22-25)24-19-12-14(2)15(13-21)20-23-16-7-5-6-8-17(16)26(19)20/h5-10,12,24H,3-4,11H2,1-2H3. The fraction of sp³-hybridized carbons (Fsp3) is 0.250. The predicted octanol–water partition coefficient (Wildman–Crippen LogP) is 4.41. The quantitative estimate of drug-likeness (QED) is 0.582. The maximum Gasteiger partial charge on any atom is 0.157 e. The number of hydrogen-bond donors (Lipinski definition) is 1. The molecule has 0 saturated carbocycles. The molecule has 0 aliphatic rings. The lowest BCUT2D eigenvalue weighted by Gasteiger charge is -2.13. The van der Waals surface area contributed by atoms with Gasteiger partial charge in [0.15, 0.2) is 5.65 Å². The van der Waals surface area contributed by atoms with E-state index in [0.29, 0.717) is 11.2 Å². The lowest BCUT2D eigenvalue weighted by atomic mass is 10.1. The fourth-order valence-corrected chi connectivity index (χ4v) is 3.24. The van der Waals surface area contributed by atoms with Gasteiger partial charge in [-0.15, -0.1) is 0 Å². The van der Waals surface area contributed by atoms with Crippen LogP contribution in [0.25, 0.3) is 16.7 Å². The van der Waals surface area contributed by atoms with Crippen LogP contribution in [0.2, 0.25) is 0 Å². The third kappa shape index (κ3) is 2.58. The lowest BCUT2D eigenvalue weighted by molar-refractivity contribution is 0.578. The minimum Gasteiger partial charge on any atom is -0.326 e. The van der Waals surface area contributed by atoms with Crippen molar-refractivity contribution >= 4 is 28.3 Å². The van der Waals surface area contributed by atoms with Gasteiger partial charge >= 0.3 is 0 Å². The van der Waals surface area contributed by atoms with Gasteiger partial charge in [-0.3, -0.25) is 4.40 Å². The van der Waals surface area contributed by atoms with Crippen molar-refractivity contribution in [1.82, 2.24) is 19.2 Å². The van der Waals surface area contributed by atoms with Gasteiger partial charge in [0, 0.05) is 12.6 Å². The molecule has 4 rings (SSSR count). The number of imidazole rings is 1. The van der Waals surface area contributed by atoms with Crippen LogP contribution in [0, 0.1) is 18.3 Å². The first kappa shape index (κ1) is 16.2. The number of unbranched alkanes of at least 4 members (excludes halogenated alkanes) is 1. The van der Waals surface area contributed by atoms with Crippen molar-refractivity contribution in [3.63, 3.8) is 0 Å². The minimum absolute atomic E-state index is 0.603. The first-order chi connectivity index (χ1) is 12.7. The molecule has 0 saturated heterocycles. The summed E-state index contributed by atoms with van der Waals surface area (Å²) >= 11 is 0. The van der Waals surface area contributed by atoms with Gasteiger partial charge in [-0.25, -0.2) is 9.67 Å². The van der Waals surface area contributed by atoms with E-state index >= 15 is 0 Å². The summed E-state index contributed by atoms with van der Waals surface area (Å²) in [6, 6.07) is 14.2. The monoisotopic (exact) mass is 344 g/mol. The summed E-state index contributed by atoms with van der Waals surface area (Å²) in [5, 5.41) is 17.5. The Morgan fingerprint density at radius 1 is 1.19 bits per heavy atom. The topological polar surface area (TPSA) is 70.9 Å². The van der Waals surface area contributed by atoms with Crippen LogP contribution < -0.4 is 5.32 Å². The van der Waals surface area contributed by atoms with Crippen LogP contribution in [0.4, 0.5) is 11.6 Å². The molecular formula is C20H20N6. The van der Waals surface area contributed by atoms with Gasteiger partial charge in [-0.1, -0.05) is 25.5 Å². The summed E-state index contributed by atoms with van der Waals surface area (Å²) in [4.78, 5) is 4.69. The van der Waals surface area contributed by atoms with E-state index in [9.17, 15) is 5.26 Å². The van der Waals surface area contributed by atoms with Gasteiger partial charge in [0.05, 0.1) is 22.8 Å². The van der Waals surface area contributed by atoms with Gasteiger partial charge in [0.2, 0.25) is 0 Å². The Labute approximate surface area is 151 Å². The van der Waals surface area contributed by atoms with Crippen molar-refractivity contribution in [1.29, 1.82) is 5.26 Å². The molecule has 0 aliphatic heterocycles. The average molecular weight is 344 g/mol. The van der Waals surface area contributed by atoms with Crippen LogP contribution in [0.15, 0.2) is 42.6 Å². The molecule has 1 aromatic carbocycles. The highest BCUT2D eigenvalue weighted by molar-refractivity contribution is 5.85. The molecule has 6 nitrogen and oxygen atoms in total. The van der Waals surface area contributed by atoms with Crippen LogP contribution in [0.3, 0.4) is 0 Å². The summed E-state index contributed by atoms with van der Waals surface area (Å²) in [6.07, 6.45) is 4.00. The molecule has 3 aromatic heterocycles. The molecule has 4 aromatic rings. The maximum atomic E-state index is 9.59. The number of rotatable bonds is 5. The van der Waals surface area contributed by atoms with Gasteiger partial charge in [0.25, 0.3) is 0 Å². The number of aromatic nitrogens is 4. The van der Waals surface area contributed by atoms with Crippen LogP contribution in [0.1, 0.15) is 30.9 Å². The Bertz CT molecular complexity index is 1130. The molecule has 26 heavy (non-hydrogen) atoms. The number of anilines is 2. The Morgan fingerprint density at radius 2 is 2.04 bits per heavy atom. The molecule has 0 unspecified atom stereocenters. The second-order valence-electron chi connectivity index (χ2n) is 6.38. The number of nitrogens with zero attached hydrogens (tertiary/aromatic N) is 5. The van der Waals surface area contributed by atoms with Crippen molar-refractivity contribution < 1.29 is 0 Å². The summed E-state index contributed by atoms with van der Waals surface area (Å²) < 4.78 is 3.99. The number of hydrogen-bond acceptors (Lipinski definition) is 4. The van der Waals surface area contributed by atoms with Gasteiger partial charge in [0.1, 0.15) is 17.7 Å². The largest absolute Gasteiger partial charge is 0.326 e. The zero-order valence-corrected chi connectivity index (χ0v) is 14.9. The Kier molecular flexibility index (Phi) is 4.05. The number of benzene rings is 1. The Balaban J connectivity index is 1.90. The highest BCUT2D eigenvalue weighted by atomic mass is 15.3. The number of fused-ring (bicyclic) bond motifs is 3. The smallest absolute Gasteiger partial charge is 0.157 e. The first-order valence-electron chi connectivity index (χ1n) is 8.82. The molecule has 0 amide bonds. The lowest BCUT2D eigenvalue weighted by Crippen LogP contribution is -2.08. The zero-order valence-electron chi connectivity index (χ0n) is 14.9. The van der Waals surface area contributed by atoms with Crippen molar-refractivity contribution in [2.24, 2.45) is 0 Å². The third-order valence-corrected chi connectivity index (χ3v) is 4.58. The van der Waals surface area contributed by atoms with E-state index in [2.05, 4.69) is 28.4 Å². The predicted molar refractivity (Wildman–Crippen MR) is 103 cm³/mol. The highest BCUT2D eigenvalue weighted by Gasteiger charge is 2.16. The van der Waals surface area contributed by atoms with Gasteiger partial charge in [-0.2, -0.15) is 10.4 Å². The van der Waals surface area contributed by atoms with Crippen molar-refractivity contribution in [2.75, 3.05) is 5.32 Å². The molecule has 6 heteroatoms. The van der Waals surface area contributed by atoms with Crippen LogP contribution in [-0.2, 0) is 6.54 Å². The van der Waals surface area contributed by atoms with Crippen LogP contribution >= 0.6 is 0 Å². The molecule has 3 heterocycles. The second-order valence-corrected chi connectivity index (χ2v) is 6.38. The average Bonchev–Trinajstić information content (AvgIpc) is 3.24. The molecule has 130 valence electrons. The molecule has 0 bridgehead atoms. The summed E-state index contributed by atoms with van der Waals surface area (Å²) in [5.41, 5.74) is 4.03. The van der Waals surface area contributed by atoms with E-state index in [1.807, 2.05) is 52.4 Å². The van der Waals surface area contributed by atoms with Crippen molar-refractivity contribution in [2.45, 2.75) is 33.2 Å². The Morgan fingerprint density at radius 3 is 2.85 bits per heavy atom.